The van der Waals surface area contributed by atoms with Gasteiger partial charge in [-0.3, -0.25) is 4.79 Å². The minimum absolute atomic E-state index is 0.0298. The molecule has 0 aromatic carbocycles. The van der Waals surface area contributed by atoms with Crippen molar-refractivity contribution in [1.82, 2.24) is 9.80 Å². The number of carbonyl (C=O) groups excluding carboxylic acids is 1. The molecule has 2 rings (SSSR count). The Hall–Kier alpha value is -1.30. The molecular weight excluding hydrogens is 260 g/mol. The Balaban J connectivity index is 1.89. The number of nitrogens with zero attached hydrogens (tertiary/aromatic N) is 2. The first-order chi connectivity index (χ1) is 9.49. The van der Waals surface area contributed by atoms with Gasteiger partial charge in [0.15, 0.2) is 0 Å². The van der Waals surface area contributed by atoms with E-state index in [4.69, 9.17) is 5.11 Å². The lowest BCUT2D eigenvalue weighted by Crippen LogP contribution is -2.49. The van der Waals surface area contributed by atoms with Crippen molar-refractivity contribution in [3.63, 3.8) is 0 Å². The number of aliphatic hydroxyl groups excluding tert-OH is 1. The Morgan fingerprint density at radius 2 is 1.85 bits per heavy atom. The maximum Gasteiger partial charge on any atom is 0.320 e. The first-order valence-electron chi connectivity index (χ1n) is 7.44. The summed E-state index contributed by atoms with van der Waals surface area (Å²) in [5.41, 5.74) is 0. The predicted molar refractivity (Wildman–Crippen MR) is 73.4 cm³/mol. The van der Waals surface area contributed by atoms with E-state index in [9.17, 15) is 14.7 Å². The molecule has 2 saturated heterocycles. The molecule has 0 aliphatic carbocycles. The smallest absolute Gasteiger partial charge is 0.320 e. The fourth-order valence-corrected chi connectivity index (χ4v) is 3.26. The number of rotatable bonds is 3. The van der Waals surface area contributed by atoms with Crippen molar-refractivity contribution in [2.75, 3.05) is 19.6 Å². The zero-order chi connectivity index (χ0) is 14.7. The molecule has 6 heteroatoms. The van der Waals surface area contributed by atoms with E-state index in [0.717, 1.165) is 25.7 Å². The Labute approximate surface area is 119 Å². The van der Waals surface area contributed by atoms with E-state index in [1.165, 1.54) is 0 Å². The van der Waals surface area contributed by atoms with Gasteiger partial charge in [0.25, 0.3) is 0 Å². The third kappa shape index (κ3) is 3.42. The van der Waals surface area contributed by atoms with Gasteiger partial charge in [-0.1, -0.05) is 0 Å². The molecule has 2 atom stereocenters. The highest BCUT2D eigenvalue weighted by atomic mass is 16.4. The first kappa shape index (κ1) is 15.1. The van der Waals surface area contributed by atoms with Crippen molar-refractivity contribution in [2.24, 2.45) is 5.92 Å². The van der Waals surface area contributed by atoms with Crippen LogP contribution in [0.5, 0.6) is 0 Å². The maximum absolute atomic E-state index is 12.5. The number of carboxylic acid groups (broad SMARTS) is 1. The zero-order valence-corrected chi connectivity index (χ0v) is 12.0. The van der Waals surface area contributed by atoms with Gasteiger partial charge in [0.1, 0.15) is 0 Å². The molecular formula is C14H24N2O4. The Morgan fingerprint density at radius 3 is 2.40 bits per heavy atom. The SMILES string of the molecule is CC(O)C1CCN(C(=O)N2CCCC2CC(=O)O)CC1. The molecule has 2 aliphatic rings. The molecule has 2 aliphatic heterocycles. The van der Waals surface area contributed by atoms with E-state index in [0.29, 0.717) is 19.6 Å². The fraction of sp³-hybridized carbons (Fsp3) is 0.857. The predicted octanol–water partition coefficient (Wildman–Crippen LogP) is 1.14. The molecule has 6 nitrogen and oxygen atoms in total. The Bertz CT molecular complexity index is 364. The topological polar surface area (TPSA) is 81.1 Å². The van der Waals surface area contributed by atoms with Crippen molar-refractivity contribution in [1.29, 1.82) is 0 Å². The van der Waals surface area contributed by atoms with E-state index >= 15 is 0 Å². The van der Waals surface area contributed by atoms with Gasteiger partial charge in [-0.15, -0.1) is 0 Å². The summed E-state index contributed by atoms with van der Waals surface area (Å²) in [6.45, 7) is 3.77. The summed E-state index contributed by atoms with van der Waals surface area (Å²) in [6, 6.07) is -0.188. The summed E-state index contributed by atoms with van der Waals surface area (Å²) in [7, 11) is 0. The third-order valence-corrected chi connectivity index (χ3v) is 4.53. The Morgan fingerprint density at radius 1 is 1.20 bits per heavy atom. The molecule has 2 N–H and O–H groups in total. The third-order valence-electron chi connectivity index (χ3n) is 4.53. The van der Waals surface area contributed by atoms with Crippen LogP contribution in [0.25, 0.3) is 0 Å². The highest BCUT2D eigenvalue weighted by Crippen LogP contribution is 2.25. The summed E-state index contributed by atoms with van der Waals surface area (Å²) < 4.78 is 0. The molecule has 114 valence electrons. The number of aliphatic carboxylic acids is 1. The number of piperidine rings is 1. The van der Waals surface area contributed by atoms with Crippen LogP contribution < -0.4 is 0 Å². The molecule has 2 heterocycles. The van der Waals surface area contributed by atoms with Crippen LogP contribution in [0.15, 0.2) is 0 Å². The van der Waals surface area contributed by atoms with Gasteiger partial charge in [-0.2, -0.15) is 0 Å². The molecule has 0 aromatic heterocycles. The lowest BCUT2D eigenvalue weighted by Gasteiger charge is -2.37. The summed E-state index contributed by atoms with van der Waals surface area (Å²) in [6.07, 6.45) is 3.02. The maximum atomic E-state index is 12.5. The molecule has 20 heavy (non-hydrogen) atoms. The van der Waals surface area contributed by atoms with Crippen LogP contribution in [0, 0.1) is 5.92 Å². The number of carbonyl (C=O) groups is 2. The number of urea groups is 1. The Kier molecular flexibility index (Phi) is 4.86. The second-order valence-corrected chi connectivity index (χ2v) is 5.93. The van der Waals surface area contributed by atoms with Gasteiger partial charge in [0.2, 0.25) is 0 Å². The first-order valence-corrected chi connectivity index (χ1v) is 7.44. The van der Waals surface area contributed by atoms with Crippen molar-refractivity contribution in [3.05, 3.63) is 0 Å². The number of hydrogen-bond acceptors (Lipinski definition) is 3. The monoisotopic (exact) mass is 284 g/mol. The normalized spacial score (nSPS) is 25.8. The van der Waals surface area contributed by atoms with Crippen LogP contribution in [0.1, 0.15) is 39.0 Å². The summed E-state index contributed by atoms with van der Waals surface area (Å²) in [4.78, 5) is 26.8. The van der Waals surface area contributed by atoms with Crippen molar-refractivity contribution in [2.45, 2.75) is 51.2 Å². The molecule has 0 aromatic rings. The quantitative estimate of drug-likeness (QED) is 0.814. The van der Waals surface area contributed by atoms with Crippen molar-refractivity contribution in [3.8, 4) is 0 Å². The average Bonchev–Trinajstić information content (AvgIpc) is 2.85. The molecule has 2 fully saturated rings. The standard InChI is InChI=1S/C14H24N2O4/c1-10(17)11-4-7-15(8-5-11)14(20)16-6-2-3-12(16)9-13(18)19/h10-12,17H,2-9H2,1H3,(H,18,19). The summed E-state index contributed by atoms with van der Waals surface area (Å²) in [5.74, 6) is -0.574. The summed E-state index contributed by atoms with van der Waals surface area (Å²) >= 11 is 0. The van der Waals surface area contributed by atoms with E-state index in [1.807, 2.05) is 0 Å². The highest BCUT2D eigenvalue weighted by molar-refractivity contribution is 5.76. The lowest BCUT2D eigenvalue weighted by atomic mass is 9.92. The lowest BCUT2D eigenvalue weighted by molar-refractivity contribution is -0.138. The largest absolute Gasteiger partial charge is 0.481 e. The average molecular weight is 284 g/mol. The minimum Gasteiger partial charge on any atom is -0.481 e. The molecule has 2 unspecified atom stereocenters. The van der Waals surface area contributed by atoms with E-state index in [2.05, 4.69) is 0 Å². The molecule has 0 spiro atoms. The molecule has 2 amide bonds. The van der Waals surface area contributed by atoms with Crippen molar-refractivity contribution < 1.29 is 19.8 Å². The van der Waals surface area contributed by atoms with Gasteiger partial charge in [-0.05, 0) is 38.5 Å². The van der Waals surface area contributed by atoms with Crippen LogP contribution >= 0.6 is 0 Å². The second kappa shape index (κ2) is 6.43. The van der Waals surface area contributed by atoms with E-state index in [1.54, 1.807) is 16.7 Å². The van der Waals surface area contributed by atoms with Gasteiger partial charge < -0.3 is 20.0 Å². The van der Waals surface area contributed by atoms with Gasteiger partial charge in [0, 0.05) is 25.7 Å². The van der Waals surface area contributed by atoms with Crippen LogP contribution in [0.2, 0.25) is 0 Å². The van der Waals surface area contributed by atoms with Crippen LogP contribution in [-0.4, -0.2) is 63.8 Å². The second-order valence-electron chi connectivity index (χ2n) is 5.93. The summed E-state index contributed by atoms with van der Waals surface area (Å²) in [5, 5.41) is 18.5. The van der Waals surface area contributed by atoms with Crippen LogP contribution in [-0.2, 0) is 4.79 Å². The van der Waals surface area contributed by atoms with Crippen LogP contribution in [0.3, 0.4) is 0 Å². The number of hydrogen-bond donors (Lipinski definition) is 2. The van der Waals surface area contributed by atoms with Crippen LogP contribution in [0.4, 0.5) is 4.79 Å². The zero-order valence-electron chi connectivity index (χ0n) is 12.0. The number of amides is 2. The minimum atomic E-state index is -0.845. The van der Waals surface area contributed by atoms with Gasteiger partial charge in [-0.25, -0.2) is 4.79 Å². The van der Waals surface area contributed by atoms with Gasteiger partial charge in [0.05, 0.1) is 12.5 Å². The number of carboxylic acids is 1. The van der Waals surface area contributed by atoms with E-state index < -0.39 is 5.97 Å². The van der Waals surface area contributed by atoms with Crippen molar-refractivity contribution >= 4 is 12.0 Å². The molecule has 0 radical (unpaired) electrons. The molecule has 0 bridgehead atoms. The van der Waals surface area contributed by atoms with Gasteiger partial charge >= 0.3 is 12.0 Å². The number of aliphatic hydroxyl groups is 1. The molecule has 0 saturated carbocycles. The fourth-order valence-electron chi connectivity index (χ4n) is 3.26. The van der Waals surface area contributed by atoms with E-state index in [-0.39, 0.29) is 30.5 Å². The number of likely N-dealkylation sites (tertiary alicyclic amines) is 2. The highest BCUT2D eigenvalue weighted by Gasteiger charge is 2.34.